The summed E-state index contributed by atoms with van der Waals surface area (Å²) < 4.78 is 11.3. The van der Waals surface area contributed by atoms with Gasteiger partial charge in [-0.05, 0) is 61.4 Å². The van der Waals surface area contributed by atoms with Gasteiger partial charge in [0.2, 0.25) is 0 Å². The maximum atomic E-state index is 12.5. The molecule has 0 fully saturated rings. The lowest BCUT2D eigenvalue weighted by molar-refractivity contribution is -0.118. The molecule has 1 aliphatic rings. The van der Waals surface area contributed by atoms with Gasteiger partial charge in [-0.2, -0.15) is 10.1 Å². The number of aryl methyl sites for hydroxylation is 1. The largest absolute Gasteiger partial charge is 0.490 e. The predicted molar refractivity (Wildman–Crippen MR) is 127 cm³/mol. The van der Waals surface area contributed by atoms with Gasteiger partial charge in [0, 0.05) is 5.69 Å². The lowest BCUT2D eigenvalue weighted by atomic mass is 10.1. The van der Waals surface area contributed by atoms with Crippen molar-refractivity contribution in [2.24, 2.45) is 5.10 Å². The third kappa shape index (κ3) is 4.80. The number of hydrazone groups is 1. The van der Waals surface area contributed by atoms with Crippen LogP contribution in [-0.2, 0) is 4.79 Å². The Labute approximate surface area is 196 Å². The Morgan fingerprint density at radius 1 is 0.941 bits per heavy atom. The SMILES string of the molecule is CCOc1cc(/C=N/N2C(=O)c3ccccc3C2=O)ccc1OCC(=O)Nc1ccccc1C. The number of fused-ring (bicyclic) bond motifs is 1. The predicted octanol–water partition coefficient (Wildman–Crippen LogP) is 4.04. The van der Waals surface area contributed by atoms with Crippen molar-refractivity contribution < 1.29 is 23.9 Å². The molecule has 1 N–H and O–H groups in total. The fourth-order valence-electron chi connectivity index (χ4n) is 3.44. The minimum atomic E-state index is -0.471. The number of anilines is 1. The molecule has 0 saturated carbocycles. The fraction of sp³-hybridized carbons (Fsp3) is 0.154. The number of nitrogens with zero attached hydrogens (tertiary/aromatic N) is 2. The second kappa shape index (κ2) is 9.99. The van der Waals surface area contributed by atoms with Crippen molar-refractivity contribution in [1.82, 2.24) is 5.01 Å². The summed E-state index contributed by atoms with van der Waals surface area (Å²) in [6.07, 6.45) is 1.40. The van der Waals surface area contributed by atoms with Crippen molar-refractivity contribution in [1.29, 1.82) is 0 Å². The van der Waals surface area contributed by atoms with Gasteiger partial charge < -0.3 is 14.8 Å². The Bertz CT molecular complexity index is 1250. The summed E-state index contributed by atoms with van der Waals surface area (Å²) in [7, 11) is 0. The van der Waals surface area contributed by atoms with Crippen LogP contribution in [0.1, 0.15) is 38.8 Å². The lowest BCUT2D eigenvalue weighted by Gasteiger charge is -2.13. The molecule has 4 rings (SSSR count). The number of carbonyl (C=O) groups excluding carboxylic acids is 3. The molecule has 0 aliphatic carbocycles. The third-order valence-electron chi connectivity index (χ3n) is 5.14. The van der Waals surface area contributed by atoms with Gasteiger partial charge in [-0.25, -0.2) is 0 Å². The molecular weight excluding hydrogens is 434 g/mol. The van der Waals surface area contributed by atoms with Crippen molar-refractivity contribution in [3.05, 3.63) is 89.0 Å². The first-order valence-electron chi connectivity index (χ1n) is 10.7. The molecule has 0 atom stereocenters. The van der Waals surface area contributed by atoms with E-state index in [1.54, 1.807) is 42.5 Å². The third-order valence-corrected chi connectivity index (χ3v) is 5.14. The maximum absolute atomic E-state index is 12.5. The molecule has 3 aromatic rings. The highest BCUT2D eigenvalue weighted by Gasteiger charge is 2.35. The second-order valence-electron chi connectivity index (χ2n) is 7.50. The molecule has 1 aliphatic heterocycles. The molecule has 0 aromatic heterocycles. The molecule has 0 spiro atoms. The number of para-hydroxylation sites is 1. The Morgan fingerprint density at radius 3 is 2.29 bits per heavy atom. The van der Waals surface area contributed by atoms with Crippen LogP contribution in [0.4, 0.5) is 5.69 Å². The summed E-state index contributed by atoms with van der Waals surface area (Å²) in [6.45, 7) is 3.92. The number of rotatable bonds is 8. The van der Waals surface area contributed by atoms with E-state index in [4.69, 9.17) is 9.47 Å². The average molecular weight is 457 g/mol. The highest BCUT2D eigenvalue weighted by Crippen LogP contribution is 2.29. The van der Waals surface area contributed by atoms with Gasteiger partial charge in [0.1, 0.15) is 0 Å². The molecule has 3 aromatic carbocycles. The van der Waals surface area contributed by atoms with Gasteiger partial charge >= 0.3 is 0 Å². The average Bonchev–Trinajstić information content (AvgIpc) is 3.08. The van der Waals surface area contributed by atoms with Crippen LogP contribution in [0, 0.1) is 6.92 Å². The van der Waals surface area contributed by atoms with E-state index in [1.807, 2.05) is 38.1 Å². The standard InChI is InChI=1S/C26H23N3O5/c1-3-33-23-14-18(15-27-29-25(31)19-9-5-6-10-20(19)26(29)32)12-13-22(23)34-16-24(30)28-21-11-7-4-8-17(21)2/h4-15H,3,16H2,1-2H3,(H,28,30)/b27-15+. The summed E-state index contributed by atoms with van der Waals surface area (Å²) in [6, 6.07) is 19.1. The molecule has 0 unspecified atom stereocenters. The maximum Gasteiger partial charge on any atom is 0.282 e. The Morgan fingerprint density at radius 2 is 1.62 bits per heavy atom. The Kier molecular flexibility index (Phi) is 6.68. The first-order chi connectivity index (χ1) is 16.5. The van der Waals surface area contributed by atoms with Gasteiger partial charge in [0.15, 0.2) is 18.1 Å². The summed E-state index contributed by atoms with van der Waals surface area (Å²) in [5.74, 6) is -0.437. The van der Waals surface area contributed by atoms with Crippen LogP contribution in [0.2, 0.25) is 0 Å². The number of nitrogens with one attached hydrogen (secondary N) is 1. The van der Waals surface area contributed by atoms with E-state index in [0.717, 1.165) is 16.3 Å². The molecule has 1 heterocycles. The van der Waals surface area contributed by atoms with E-state index < -0.39 is 11.8 Å². The molecule has 0 bridgehead atoms. The van der Waals surface area contributed by atoms with Crippen molar-refractivity contribution in [2.75, 3.05) is 18.5 Å². The van der Waals surface area contributed by atoms with Gasteiger partial charge in [-0.1, -0.05) is 30.3 Å². The molecule has 172 valence electrons. The van der Waals surface area contributed by atoms with Gasteiger partial charge in [-0.3, -0.25) is 14.4 Å². The molecule has 34 heavy (non-hydrogen) atoms. The monoisotopic (exact) mass is 457 g/mol. The van der Waals surface area contributed by atoms with Gasteiger partial charge in [-0.15, -0.1) is 0 Å². The minimum absolute atomic E-state index is 0.198. The van der Waals surface area contributed by atoms with Gasteiger partial charge in [0.25, 0.3) is 17.7 Å². The molecule has 0 radical (unpaired) electrons. The van der Waals surface area contributed by atoms with Crippen LogP contribution in [-0.4, -0.2) is 42.2 Å². The quantitative estimate of drug-likeness (QED) is 0.407. The highest BCUT2D eigenvalue weighted by molar-refractivity contribution is 6.21. The highest BCUT2D eigenvalue weighted by atomic mass is 16.5. The molecule has 8 heteroatoms. The Balaban J connectivity index is 1.44. The summed E-state index contributed by atoms with van der Waals surface area (Å²) in [5, 5.41) is 7.73. The van der Waals surface area contributed by atoms with Crippen LogP contribution in [0.15, 0.2) is 71.8 Å². The zero-order chi connectivity index (χ0) is 24.1. The number of imide groups is 1. The van der Waals surface area contributed by atoms with Crippen LogP contribution in [0.3, 0.4) is 0 Å². The zero-order valence-electron chi connectivity index (χ0n) is 18.8. The van der Waals surface area contributed by atoms with Crippen LogP contribution >= 0.6 is 0 Å². The normalized spacial score (nSPS) is 12.7. The molecule has 0 saturated heterocycles. The van der Waals surface area contributed by atoms with Crippen LogP contribution in [0.5, 0.6) is 11.5 Å². The van der Waals surface area contributed by atoms with E-state index in [9.17, 15) is 14.4 Å². The van der Waals surface area contributed by atoms with E-state index in [-0.39, 0.29) is 12.5 Å². The minimum Gasteiger partial charge on any atom is -0.490 e. The summed E-state index contributed by atoms with van der Waals surface area (Å²) in [5.41, 5.74) is 2.92. The van der Waals surface area contributed by atoms with E-state index in [2.05, 4.69) is 10.4 Å². The number of amides is 3. The second-order valence-corrected chi connectivity index (χ2v) is 7.50. The number of ether oxygens (including phenoxy) is 2. The van der Waals surface area contributed by atoms with Crippen LogP contribution < -0.4 is 14.8 Å². The number of carbonyl (C=O) groups is 3. The number of benzene rings is 3. The number of hydrogen-bond acceptors (Lipinski definition) is 6. The summed E-state index contributed by atoms with van der Waals surface area (Å²) in [4.78, 5) is 37.2. The van der Waals surface area contributed by atoms with Crippen LogP contribution in [0.25, 0.3) is 0 Å². The Hall–Kier alpha value is -4.46. The smallest absolute Gasteiger partial charge is 0.282 e. The first-order valence-corrected chi connectivity index (χ1v) is 10.7. The molecular formula is C26H23N3O5. The van der Waals surface area contributed by atoms with E-state index in [0.29, 0.717) is 34.8 Å². The van der Waals surface area contributed by atoms with Gasteiger partial charge in [0.05, 0.1) is 23.9 Å². The number of hydrogen-bond donors (Lipinski definition) is 1. The molecule has 3 amide bonds. The lowest BCUT2D eigenvalue weighted by Crippen LogP contribution is -2.24. The van der Waals surface area contributed by atoms with Crippen molar-refractivity contribution in [3.8, 4) is 11.5 Å². The zero-order valence-corrected chi connectivity index (χ0v) is 18.8. The van der Waals surface area contributed by atoms with Crippen molar-refractivity contribution in [3.63, 3.8) is 0 Å². The van der Waals surface area contributed by atoms with E-state index >= 15 is 0 Å². The fourth-order valence-corrected chi connectivity index (χ4v) is 3.44. The summed E-state index contributed by atoms with van der Waals surface area (Å²) >= 11 is 0. The topological polar surface area (TPSA) is 97.3 Å². The van der Waals surface area contributed by atoms with Crippen molar-refractivity contribution in [2.45, 2.75) is 13.8 Å². The van der Waals surface area contributed by atoms with Crippen molar-refractivity contribution >= 4 is 29.6 Å². The molecule has 8 nitrogen and oxygen atoms in total. The van der Waals surface area contributed by atoms with E-state index in [1.165, 1.54) is 6.21 Å². The first kappa shape index (κ1) is 22.7.